The Hall–Kier alpha value is -2.51. The van der Waals surface area contributed by atoms with Gasteiger partial charge in [0.05, 0.1) is 0 Å². The smallest absolute Gasteiger partial charge is 0.379 e. The van der Waals surface area contributed by atoms with Gasteiger partial charge in [0.1, 0.15) is 0 Å². The molecule has 0 bridgehead atoms. The minimum atomic E-state index is -0.885. The molecule has 122 valence electrons. The molecule has 8 nitrogen and oxygen atoms in total. The highest BCUT2D eigenvalue weighted by atomic mass is 16.5. The highest BCUT2D eigenvalue weighted by molar-refractivity contribution is 5.89. The second kappa shape index (κ2) is 6.31. The summed E-state index contributed by atoms with van der Waals surface area (Å²) in [5.74, 6) is -0.806. The van der Waals surface area contributed by atoms with E-state index in [1.54, 1.807) is 19.2 Å². The molecule has 8 heteroatoms. The third kappa shape index (κ3) is 3.30. The predicted octanol–water partition coefficient (Wildman–Crippen LogP) is 1.04. The largest absolute Gasteiger partial charge is 0.447 e. The zero-order chi connectivity index (χ0) is 16.4. The maximum Gasteiger partial charge on any atom is 0.379 e. The lowest BCUT2D eigenvalue weighted by atomic mass is 10.2. The zero-order valence-corrected chi connectivity index (χ0v) is 13.2. The first-order valence-corrected chi connectivity index (χ1v) is 7.74. The minimum Gasteiger partial charge on any atom is -0.447 e. The van der Waals surface area contributed by atoms with Crippen molar-refractivity contribution in [1.82, 2.24) is 24.9 Å². The second-order valence-electron chi connectivity index (χ2n) is 5.77. The van der Waals surface area contributed by atoms with E-state index in [0.29, 0.717) is 5.78 Å². The molecule has 1 saturated carbocycles. The van der Waals surface area contributed by atoms with Crippen LogP contribution in [0.15, 0.2) is 12.3 Å². The molecule has 0 saturated heterocycles. The molecule has 0 unspecified atom stereocenters. The van der Waals surface area contributed by atoms with Crippen LogP contribution in [0.25, 0.3) is 5.78 Å². The van der Waals surface area contributed by atoms with Gasteiger partial charge in [0.15, 0.2) is 6.10 Å². The van der Waals surface area contributed by atoms with Gasteiger partial charge in [-0.05, 0) is 32.8 Å². The van der Waals surface area contributed by atoms with Gasteiger partial charge >= 0.3 is 5.97 Å². The number of fused-ring (bicyclic) bond motifs is 1. The Balaban J connectivity index is 1.65. The zero-order valence-electron chi connectivity index (χ0n) is 13.2. The van der Waals surface area contributed by atoms with E-state index in [2.05, 4.69) is 20.4 Å². The molecule has 0 aliphatic heterocycles. The second-order valence-corrected chi connectivity index (χ2v) is 5.77. The maximum atomic E-state index is 12.1. The lowest BCUT2D eigenvalue weighted by Crippen LogP contribution is -2.41. The van der Waals surface area contributed by atoms with Gasteiger partial charge < -0.3 is 10.1 Å². The van der Waals surface area contributed by atoms with Crippen LogP contribution < -0.4 is 5.32 Å². The maximum absolute atomic E-state index is 12.1. The molecule has 0 radical (unpaired) electrons. The Morgan fingerprint density at radius 2 is 2.13 bits per heavy atom. The lowest BCUT2D eigenvalue weighted by Gasteiger charge is -2.16. The van der Waals surface area contributed by atoms with Crippen molar-refractivity contribution >= 4 is 17.7 Å². The Morgan fingerprint density at radius 1 is 1.39 bits per heavy atom. The van der Waals surface area contributed by atoms with Gasteiger partial charge in [-0.3, -0.25) is 4.79 Å². The molecule has 1 amide bonds. The molecule has 23 heavy (non-hydrogen) atoms. The van der Waals surface area contributed by atoms with Crippen molar-refractivity contribution in [3.8, 4) is 0 Å². The number of carbonyl (C=O) groups excluding carboxylic acids is 2. The van der Waals surface area contributed by atoms with E-state index < -0.39 is 12.1 Å². The molecule has 0 spiro atoms. The Morgan fingerprint density at radius 3 is 2.83 bits per heavy atom. The number of ether oxygens (including phenoxy) is 1. The first-order valence-electron chi connectivity index (χ1n) is 7.74. The third-order valence-corrected chi connectivity index (χ3v) is 3.97. The highest BCUT2D eigenvalue weighted by Gasteiger charge is 2.25. The van der Waals surface area contributed by atoms with Crippen LogP contribution in [0.3, 0.4) is 0 Å². The third-order valence-electron chi connectivity index (χ3n) is 3.97. The first-order chi connectivity index (χ1) is 11.0. The van der Waals surface area contributed by atoms with Crippen LogP contribution in [0.4, 0.5) is 0 Å². The SMILES string of the molecule is Cc1ccnc2nc(C(=O)O[C@H](C)C(=O)NC3CCCC3)nn12. The molecule has 1 atom stereocenters. The van der Waals surface area contributed by atoms with E-state index in [4.69, 9.17) is 4.74 Å². The monoisotopic (exact) mass is 317 g/mol. The van der Waals surface area contributed by atoms with Gasteiger partial charge in [0.2, 0.25) is 0 Å². The van der Waals surface area contributed by atoms with Crippen molar-refractivity contribution in [2.75, 3.05) is 0 Å². The van der Waals surface area contributed by atoms with E-state index in [-0.39, 0.29) is 17.8 Å². The molecule has 3 rings (SSSR count). The molecule has 1 aliphatic rings. The number of amides is 1. The molecular formula is C15H19N5O3. The number of nitrogens with one attached hydrogen (secondary N) is 1. The minimum absolute atomic E-state index is 0.104. The van der Waals surface area contributed by atoms with Crippen molar-refractivity contribution in [2.45, 2.75) is 51.7 Å². The van der Waals surface area contributed by atoms with Crippen LogP contribution in [0.2, 0.25) is 0 Å². The van der Waals surface area contributed by atoms with Gasteiger partial charge in [-0.2, -0.15) is 4.98 Å². The Bertz CT molecular complexity index is 736. The van der Waals surface area contributed by atoms with Crippen LogP contribution in [0.1, 0.15) is 48.9 Å². The number of aromatic nitrogens is 4. The van der Waals surface area contributed by atoms with E-state index in [1.807, 2.05) is 6.92 Å². The summed E-state index contributed by atoms with van der Waals surface area (Å²) in [6.07, 6.45) is 4.90. The fraction of sp³-hybridized carbons (Fsp3) is 0.533. The summed E-state index contributed by atoms with van der Waals surface area (Å²) in [6.45, 7) is 3.37. The summed E-state index contributed by atoms with van der Waals surface area (Å²) in [4.78, 5) is 32.2. The fourth-order valence-corrected chi connectivity index (χ4v) is 2.65. The molecule has 1 fully saturated rings. The molecular weight excluding hydrogens is 298 g/mol. The molecule has 2 heterocycles. The summed E-state index contributed by atoms with van der Waals surface area (Å²) in [7, 11) is 0. The topological polar surface area (TPSA) is 98.5 Å². The lowest BCUT2D eigenvalue weighted by molar-refractivity contribution is -0.129. The van der Waals surface area contributed by atoms with Crippen molar-refractivity contribution in [2.24, 2.45) is 0 Å². The number of hydrogen-bond donors (Lipinski definition) is 1. The number of esters is 1. The molecule has 1 aliphatic carbocycles. The van der Waals surface area contributed by atoms with Crippen molar-refractivity contribution < 1.29 is 14.3 Å². The summed E-state index contributed by atoms with van der Waals surface area (Å²) in [6, 6.07) is 1.94. The fourth-order valence-electron chi connectivity index (χ4n) is 2.65. The first kappa shape index (κ1) is 15.4. The molecule has 2 aromatic rings. The Labute approximate surface area is 133 Å². The van der Waals surface area contributed by atoms with Crippen molar-refractivity contribution in [3.63, 3.8) is 0 Å². The van der Waals surface area contributed by atoms with E-state index in [9.17, 15) is 9.59 Å². The van der Waals surface area contributed by atoms with Gasteiger partial charge in [-0.1, -0.05) is 12.8 Å². The van der Waals surface area contributed by atoms with Gasteiger partial charge in [-0.25, -0.2) is 14.3 Å². The summed E-state index contributed by atoms with van der Waals surface area (Å²) in [5, 5.41) is 6.96. The van der Waals surface area contributed by atoms with E-state index in [1.165, 1.54) is 4.52 Å². The van der Waals surface area contributed by atoms with Crippen molar-refractivity contribution in [3.05, 3.63) is 23.8 Å². The van der Waals surface area contributed by atoms with Gasteiger partial charge in [-0.15, -0.1) is 5.10 Å². The summed E-state index contributed by atoms with van der Waals surface area (Å²) >= 11 is 0. The average molecular weight is 317 g/mol. The molecule has 1 N–H and O–H groups in total. The van der Waals surface area contributed by atoms with Gasteiger partial charge in [0.25, 0.3) is 17.5 Å². The van der Waals surface area contributed by atoms with Gasteiger partial charge in [0, 0.05) is 17.9 Å². The van der Waals surface area contributed by atoms with Crippen molar-refractivity contribution in [1.29, 1.82) is 0 Å². The number of rotatable bonds is 4. The predicted molar refractivity (Wildman–Crippen MR) is 80.8 cm³/mol. The standard InChI is InChI=1S/C15H19N5O3/c1-9-7-8-16-15-18-12(19-20(9)15)14(22)23-10(2)13(21)17-11-5-3-4-6-11/h7-8,10-11H,3-6H2,1-2H3,(H,17,21)/t10-/m1/s1. The molecule has 2 aromatic heterocycles. The van der Waals surface area contributed by atoms with Crippen LogP contribution >= 0.6 is 0 Å². The Kier molecular flexibility index (Phi) is 4.22. The van der Waals surface area contributed by atoms with E-state index in [0.717, 1.165) is 31.4 Å². The summed E-state index contributed by atoms with van der Waals surface area (Å²) in [5.41, 5.74) is 0.800. The number of carbonyl (C=O) groups is 2. The van der Waals surface area contributed by atoms with Crippen LogP contribution in [0, 0.1) is 6.92 Å². The quantitative estimate of drug-likeness (QED) is 0.846. The average Bonchev–Trinajstić information content (AvgIpc) is 3.16. The van der Waals surface area contributed by atoms with E-state index >= 15 is 0 Å². The molecule has 0 aromatic carbocycles. The number of nitrogens with zero attached hydrogens (tertiary/aromatic N) is 4. The van der Waals surface area contributed by atoms with Crippen LogP contribution in [0.5, 0.6) is 0 Å². The normalized spacial score (nSPS) is 16.4. The van der Waals surface area contributed by atoms with Crippen LogP contribution in [-0.4, -0.2) is 43.6 Å². The number of hydrogen-bond acceptors (Lipinski definition) is 6. The van der Waals surface area contributed by atoms with Crippen LogP contribution in [-0.2, 0) is 9.53 Å². The highest BCUT2D eigenvalue weighted by Crippen LogP contribution is 2.17. The summed E-state index contributed by atoms with van der Waals surface area (Å²) < 4.78 is 6.62. The number of aryl methyl sites for hydroxylation is 1.